The van der Waals surface area contributed by atoms with Gasteiger partial charge in [-0.3, -0.25) is 14.5 Å². The normalized spacial score (nSPS) is 26.0. The average molecular weight is 386 g/mol. The Hall–Kier alpha value is -2.18. The van der Waals surface area contributed by atoms with E-state index in [0.29, 0.717) is 0 Å². The maximum atomic E-state index is 12.8. The lowest BCUT2D eigenvalue weighted by Gasteiger charge is -2.38. The largest absolute Gasteiger partial charge is 0.373 e. The van der Waals surface area contributed by atoms with Crippen LogP contribution in [0.1, 0.15) is 39.2 Å². The lowest BCUT2D eigenvalue weighted by Crippen LogP contribution is -2.50. The van der Waals surface area contributed by atoms with Gasteiger partial charge in [-0.15, -0.1) is 0 Å². The summed E-state index contributed by atoms with van der Waals surface area (Å²) in [6, 6.07) is 7.74. The van der Waals surface area contributed by atoms with E-state index in [1.807, 2.05) is 35.2 Å². The van der Waals surface area contributed by atoms with Crippen LogP contribution in [0.2, 0.25) is 0 Å². The number of morpholine rings is 1. The maximum absolute atomic E-state index is 12.8. The minimum Gasteiger partial charge on any atom is -0.373 e. The molecule has 0 radical (unpaired) electrons. The molecular formula is C22H31N3O3. The first-order valence-electron chi connectivity index (χ1n) is 10.1. The van der Waals surface area contributed by atoms with Crippen molar-refractivity contribution in [3.05, 3.63) is 35.9 Å². The second kappa shape index (κ2) is 9.34. The molecule has 2 saturated heterocycles. The summed E-state index contributed by atoms with van der Waals surface area (Å²) in [5.74, 6) is -0.0228. The molecule has 2 amide bonds. The summed E-state index contributed by atoms with van der Waals surface area (Å²) in [6.07, 6.45) is 6.12. The van der Waals surface area contributed by atoms with E-state index in [1.54, 1.807) is 6.08 Å². The third kappa shape index (κ3) is 5.66. The van der Waals surface area contributed by atoms with Crippen LogP contribution in [0.25, 0.3) is 6.08 Å². The van der Waals surface area contributed by atoms with Gasteiger partial charge < -0.3 is 15.0 Å². The first kappa shape index (κ1) is 20.6. The van der Waals surface area contributed by atoms with Gasteiger partial charge in [0.1, 0.15) is 0 Å². The number of amides is 2. The summed E-state index contributed by atoms with van der Waals surface area (Å²) in [7, 11) is 0. The smallest absolute Gasteiger partial charge is 0.246 e. The predicted octanol–water partition coefficient (Wildman–Crippen LogP) is 2.76. The Morgan fingerprint density at radius 2 is 1.86 bits per heavy atom. The lowest BCUT2D eigenvalue weighted by atomic mass is 10.1. The van der Waals surface area contributed by atoms with Crippen molar-refractivity contribution in [1.82, 2.24) is 9.80 Å². The molecule has 6 nitrogen and oxygen atoms in total. The number of likely N-dealkylation sites (tertiary alicyclic amines) is 1. The summed E-state index contributed by atoms with van der Waals surface area (Å²) >= 11 is 0. The molecule has 3 atom stereocenters. The Kier molecular flexibility index (Phi) is 6.86. The molecule has 1 aromatic carbocycles. The highest BCUT2D eigenvalue weighted by Crippen LogP contribution is 2.21. The minimum absolute atomic E-state index is 0.0720. The van der Waals surface area contributed by atoms with Crippen LogP contribution in [-0.4, -0.2) is 66.0 Å². The molecule has 2 heterocycles. The van der Waals surface area contributed by atoms with E-state index < -0.39 is 0 Å². The number of rotatable bonds is 5. The maximum Gasteiger partial charge on any atom is 0.246 e. The van der Waals surface area contributed by atoms with Crippen molar-refractivity contribution in [3.8, 4) is 0 Å². The first-order chi connectivity index (χ1) is 13.4. The monoisotopic (exact) mass is 385 g/mol. The fraction of sp³-hybridized carbons (Fsp3) is 0.545. The molecule has 2 fully saturated rings. The fourth-order valence-corrected chi connectivity index (χ4v) is 4.19. The molecule has 0 bridgehead atoms. The van der Waals surface area contributed by atoms with Gasteiger partial charge in [-0.25, -0.2) is 0 Å². The number of hydrogen-bond donors (Lipinski definition) is 1. The van der Waals surface area contributed by atoms with Gasteiger partial charge in [-0.1, -0.05) is 12.1 Å². The van der Waals surface area contributed by atoms with E-state index in [2.05, 4.69) is 24.1 Å². The molecule has 1 aromatic rings. The van der Waals surface area contributed by atoms with Crippen molar-refractivity contribution in [1.29, 1.82) is 0 Å². The number of carbonyl (C=O) groups is 2. The average Bonchev–Trinajstić information content (AvgIpc) is 3.07. The van der Waals surface area contributed by atoms with E-state index in [0.717, 1.165) is 50.3 Å². The lowest BCUT2D eigenvalue weighted by molar-refractivity contribution is -0.127. The third-order valence-electron chi connectivity index (χ3n) is 5.27. The van der Waals surface area contributed by atoms with Gasteiger partial charge >= 0.3 is 0 Å². The number of benzene rings is 1. The summed E-state index contributed by atoms with van der Waals surface area (Å²) in [6.45, 7) is 9.31. The standard InChI is InChI=1S/C22H31N3O3/c1-16-13-24(14-17(2)28-16)15-21-5-4-12-25(21)22(27)11-8-19-6-9-20(10-7-19)23-18(3)26/h6-11,16-17,21H,4-5,12-15H2,1-3H3,(H,23,26)/b11-8+. The van der Waals surface area contributed by atoms with Crippen molar-refractivity contribution in [2.75, 3.05) is 31.5 Å². The van der Waals surface area contributed by atoms with E-state index in [1.165, 1.54) is 6.92 Å². The second-order valence-corrected chi connectivity index (χ2v) is 7.94. The van der Waals surface area contributed by atoms with Crippen molar-refractivity contribution >= 4 is 23.6 Å². The summed E-state index contributed by atoms with van der Waals surface area (Å²) in [4.78, 5) is 28.3. The third-order valence-corrected chi connectivity index (χ3v) is 5.27. The molecule has 2 aliphatic heterocycles. The molecule has 3 unspecified atom stereocenters. The van der Waals surface area contributed by atoms with Gasteiger partial charge in [-0.2, -0.15) is 0 Å². The van der Waals surface area contributed by atoms with E-state index >= 15 is 0 Å². The molecular weight excluding hydrogens is 354 g/mol. The number of carbonyl (C=O) groups excluding carboxylic acids is 2. The zero-order valence-corrected chi connectivity index (χ0v) is 17.1. The summed E-state index contributed by atoms with van der Waals surface area (Å²) in [5, 5.41) is 2.74. The topological polar surface area (TPSA) is 61.9 Å². The molecule has 152 valence electrons. The van der Waals surface area contributed by atoms with E-state index in [-0.39, 0.29) is 30.1 Å². The van der Waals surface area contributed by atoms with Crippen LogP contribution in [0.15, 0.2) is 30.3 Å². The number of ether oxygens (including phenoxy) is 1. The zero-order chi connectivity index (χ0) is 20.1. The van der Waals surface area contributed by atoms with Crippen molar-refractivity contribution < 1.29 is 14.3 Å². The number of anilines is 1. The highest BCUT2D eigenvalue weighted by molar-refractivity contribution is 5.92. The SMILES string of the molecule is CC(=O)Nc1ccc(/C=C/C(=O)N2CCCC2CN2CC(C)OC(C)C2)cc1. The van der Waals surface area contributed by atoms with Crippen molar-refractivity contribution in [3.63, 3.8) is 0 Å². The van der Waals surface area contributed by atoms with Crippen LogP contribution >= 0.6 is 0 Å². The molecule has 0 saturated carbocycles. The number of nitrogens with zero attached hydrogens (tertiary/aromatic N) is 2. The molecule has 0 aliphatic carbocycles. The molecule has 3 rings (SSSR count). The predicted molar refractivity (Wildman–Crippen MR) is 111 cm³/mol. The Balaban J connectivity index is 1.56. The summed E-state index contributed by atoms with van der Waals surface area (Å²) in [5.41, 5.74) is 1.69. The van der Waals surface area contributed by atoms with Gasteiger partial charge in [0, 0.05) is 50.9 Å². The minimum atomic E-state index is -0.0948. The summed E-state index contributed by atoms with van der Waals surface area (Å²) < 4.78 is 5.82. The van der Waals surface area contributed by atoms with E-state index in [9.17, 15) is 9.59 Å². The van der Waals surface area contributed by atoms with Crippen LogP contribution in [0.5, 0.6) is 0 Å². The van der Waals surface area contributed by atoms with Gasteiger partial charge in [-0.05, 0) is 50.5 Å². The molecule has 28 heavy (non-hydrogen) atoms. The Bertz CT molecular complexity index is 706. The zero-order valence-electron chi connectivity index (χ0n) is 17.1. The first-order valence-corrected chi connectivity index (χ1v) is 10.1. The fourth-order valence-electron chi connectivity index (χ4n) is 4.19. The molecule has 1 N–H and O–H groups in total. The van der Waals surface area contributed by atoms with Gasteiger partial charge in [0.15, 0.2) is 0 Å². The molecule has 0 spiro atoms. The van der Waals surface area contributed by atoms with Gasteiger partial charge in [0.05, 0.1) is 12.2 Å². The van der Waals surface area contributed by atoms with Crippen LogP contribution < -0.4 is 5.32 Å². The number of nitrogens with one attached hydrogen (secondary N) is 1. The quantitative estimate of drug-likeness (QED) is 0.792. The highest BCUT2D eigenvalue weighted by Gasteiger charge is 2.31. The van der Waals surface area contributed by atoms with Gasteiger partial charge in [0.25, 0.3) is 0 Å². The Morgan fingerprint density at radius 3 is 2.50 bits per heavy atom. The Morgan fingerprint density at radius 1 is 1.18 bits per heavy atom. The highest BCUT2D eigenvalue weighted by atomic mass is 16.5. The van der Waals surface area contributed by atoms with Gasteiger partial charge in [0.2, 0.25) is 11.8 Å². The molecule has 2 aliphatic rings. The Labute approximate surface area is 167 Å². The second-order valence-electron chi connectivity index (χ2n) is 7.94. The van der Waals surface area contributed by atoms with Crippen LogP contribution in [0.3, 0.4) is 0 Å². The van der Waals surface area contributed by atoms with Crippen molar-refractivity contribution in [2.45, 2.75) is 51.9 Å². The van der Waals surface area contributed by atoms with Crippen LogP contribution in [0, 0.1) is 0 Å². The molecule has 6 heteroatoms. The molecule has 0 aromatic heterocycles. The van der Waals surface area contributed by atoms with Crippen molar-refractivity contribution in [2.24, 2.45) is 0 Å². The number of hydrogen-bond acceptors (Lipinski definition) is 4. The van der Waals surface area contributed by atoms with Crippen LogP contribution in [-0.2, 0) is 14.3 Å². The van der Waals surface area contributed by atoms with E-state index in [4.69, 9.17) is 4.74 Å². The van der Waals surface area contributed by atoms with Crippen LogP contribution in [0.4, 0.5) is 5.69 Å².